The number of carbonyl (C=O) groups excluding carboxylic acids is 1. The normalized spacial score (nSPS) is 18.3. The number of hydrogen-bond acceptors (Lipinski definition) is 6. The molecule has 5 rings (SSSR count). The summed E-state index contributed by atoms with van der Waals surface area (Å²) >= 11 is 0. The molecule has 2 heterocycles. The lowest BCUT2D eigenvalue weighted by molar-refractivity contribution is 0.0851. The van der Waals surface area contributed by atoms with Crippen molar-refractivity contribution in [3.63, 3.8) is 0 Å². The van der Waals surface area contributed by atoms with Crippen molar-refractivity contribution in [2.75, 3.05) is 0 Å². The molecule has 1 aliphatic rings. The zero-order valence-corrected chi connectivity index (χ0v) is 18.7. The van der Waals surface area contributed by atoms with Crippen molar-refractivity contribution in [1.82, 2.24) is 35.8 Å². The molecule has 0 amide bonds. The first-order chi connectivity index (χ1) is 16.2. The van der Waals surface area contributed by atoms with Crippen molar-refractivity contribution in [1.29, 1.82) is 0 Å². The van der Waals surface area contributed by atoms with E-state index in [4.69, 9.17) is 0 Å². The van der Waals surface area contributed by atoms with E-state index in [9.17, 15) is 4.79 Å². The SMILES string of the molecule is CCC1CCCC(C(=O)c2n[nH]c(Cc3ccc(-c4ccccc4-c4nn[nH]n4)cc3)n2)C1. The van der Waals surface area contributed by atoms with Crippen LogP contribution in [-0.2, 0) is 6.42 Å². The van der Waals surface area contributed by atoms with E-state index in [0.29, 0.717) is 29.8 Å². The highest BCUT2D eigenvalue weighted by Crippen LogP contribution is 2.33. The Labute approximate surface area is 192 Å². The summed E-state index contributed by atoms with van der Waals surface area (Å²) in [6.45, 7) is 2.21. The quantitative estimate of drug-likeness (QED) is 0.404. The Morgan fingerprint density at radius 1 is 1.03 bits per heavy atom. The van der Waals surface area contributed by atoms with Gasteiger partial charge in [-0.2, -0.15) is 10.3 Å². The monoisotopic (exact) mass is 441 g/mol. The molecule has 33 heavy (non-hydrogen) atoms. The number of benzene rings is 2. The van der Waals surface area contributed by atoms with Gasteiger partial charge in [-0.05, 0) is 40.7 Å². The van der Waals surface area contributed by atoms with E-state index in [1.54, 1.807) is 0 Å². The lowest BCUT2D eigenvalue weighted by atomic mass is 9.78. The Balaban J connectivity index is 1.28. The molecule has 0 spiro atoms. The number of nitrogens with zero attached hydrogens (tertiary/aromatic N) is 5. The summed E-state index contributed by atoms with van der Waals surface area (Å²) in [6.07, 6.45) is 6.00. The van der Waals surface area contributed by atoms with Crippen molar-refractivity contribution in [2.24, 2.45) is 11.8 Å². The van der Waals surface area contributed by atoms with Gasteiger partial charge in [0.2, 0.25) is 17.4 Å². The van der Waals surface area contributed by atoms with Crippen molar-refractivity contribution in [3.05, 3.63) is 65.7 Å². The molecule has 2 unspecified atom stereocenters. The second-order valence-electron chi connectivity index (χ2n) is 8.76. The van der Waals surface area contributed by atoms with Gasteiger partial charge in [-0.15, -0.1) is 10.2 Å². The van der Waals surface area contributed by atoms with E-state index in [2.05, 4.69) is 67.0 Å². The second kappa shape index (κ2) is 9.44. The van der Waals surface area contributed by atoms with E-state index in [-0.39, 0.29) is 11.7 Å². The molecule has 0 bridgehead atoms. The number of aromatic amines is 2. The van der Waals surface area contributed by atoms with Gasteiger partial charge in [0.25, 0.3) is 0 Å². The number of hydrogen-bond donors (Lipinski definition) is 2. The first kappa shape index (κ1) is 21.2. The van der Waals surface area contributed by atoms with Gasteiger partial charge in [0.05, 0.1) is 0 Å². The minimum Gasteiger partial charge on any atom is -0.290 e. The predicted octanol–water partition coefficient (Wildman–Crippen LogP) is 4.64. The Morgan fingerprint density at radius 2 is 1.85 bits per heavy atom. The van der Waals surface area contributed by atoms with Gasteiger partial charge < -0.3 is 0 Å². The Kier molecular flexibility index (Phi) is 6.06. The van der Waals surface area contributed by atoms with E-state index >= 15 is 0 Å². The van der Waals surface area contributed by atoms with Crippen LogP contribution in [0, 0.1) is 11.8 Å². The lowest BCUT2D eigenvalue weighted by Crippen LogP contribution is -2.23. The van der Waals surface area contributed by atoms with Crippen LogP contribution < -0.4 is 0 Å². The minimum absolute atomic E-state index is 0.0610. The zero-order chi connectivity index (χ0) is 22.6. The molecule has 168 valence electrons. The molecule has 2 aromatic carbocycles. The van der Waals surface area contributed by atoms with Gasteiger partial charge in [0.1, 0.15) is 5.82 Å². The maximum Gasteiger partial charge on any atom is 0.217 e. The maximum absolute atomic E-state index is 12.9. The number of H-pyrrole nitrogens is 2. The molecule has 1 saturated carbocycles. The summed E-state index contributed by atoms with van der Waals surface area (Å²) in [5, 5.41) is 21.6. The van der Waals surface area contributed by atoms with Crippen LogP contribution in [0.1, 0.15) is 61.0 Å². The minimum atomic E-state index is 0.0610. The summed E-state index contributed by atoms with van der Waals surface area (Å²) < 4.78 is 0. The molecule has 2 N–H and O–H groups in total. The van der Waals surface area contributed by atoms with Crippen molar-refractivity contribution >= 4 is 5.78 Å². The molecule has 2 aromatic heterocycles. The third-order valence-corrected chi connectivity index (χ3v) is 6.63. The number of Topliss-reactive ketones (excluding diaryl/α,β-unsaturated/α-hetero) is 1. The first-order valence-corrected chi connectivity index (χ1v) is 11.6. The van der Waals surface area contributed by atoms with Crippen molar-refractivity contribution in [3.8, 4) is 22.5 Å². The fraction of sp³-hybridized carbons (Fsp3) is 0.360. The zero-order valence-electron chi connectivity index (χ0n) is 18.7. The predicted molar refractivity (Wildman–Crippen MR) is 124 cm³/mol. The second-order valence-corrected chi connectivity index (χ2v) is 8.76. The Bertz CT molecular complexity index is 1210. The maximum atomic E-state index is 12.9. The van der Waals surface area contributed by atoms with Crippen molar-refractivity contribution < 1.29 is 4.79 Å². The van der Waals surface area contributed by atoms with Gasteiger partial charge in [0.15, 0.2) is 0 Å². The molecule has 0 aliphatic heterocycles. The van der Waals surface area contributed by atoms with Gasteiger partial charge in [-0.1, -0.05) is 74.7 Å². The molecule has 8 nitrogen and oxygen atoms in total. The van der Waals surface area contributed by atoms with E-state index in [0.717, 1.165) is 47.9 Å². The molecule has 0 radical (unpaired) electrons. The Hall–Kier alpha value is -3.68. The molecule has 8 heteroatoms. The van der Waals surface area contributed by atoms with Crippen LogP contribution in [0.2, 0.25) is 0 Å². The van der Waals surface area contributed by atoms with Crippen LogP contribution in [0.3, 0.4) is 0 Å². The molecule has 1 aliphatic carbocycles. The number of aromatic nitrogens is 7. The lowest BCUT2D eigenvalue weighted by Gasteiger charge is -2.26. The summed E-state index contributed by atoms with van der Waals surface area (Å²) in [5.41, 5.74) is 4.12. The fourth-order valence-corrected chi connectivity index (χ4v) is 4.77. The van der Waals surface area contributed by atoms with Crippen LogP contribution >= 0.6 is 0 Å². The summed E-state index contributed by atoms with van der Waals surface area (Å²) in [4.78, 5) is 17.4. The summed E-state index contributed by atoms with van der Waals surface area (Å²) in [5.74, 6) is 2.40. The first-order valence-electron chi connectivity index (χ1n) is 11.6. The molecule has 2 atom stereocenters. The van der Waals surface area contributed by atoms with Gasteiger partial charge in [-0.3, -0.25) is 9.89 Å². The number of ketones is 1. The smallest absolute Gasteiger partial charge is 0.217 e. The third kappa shape index (κ3) is 4.60. The van der Waals surface area contributed by atoms with E-state index in [1.807, 2.05) is 24.3 Å². The van der Waals surface area contributed by atoms with Crippen LogP contribution in [0.25, 0.3) is 22.5 Å². The highest BCUT2D eigenvalue weighted by Gasteiger charge is 2.29. The number of carbonyl (C=O) groups is 1. The van der Waals surface area contributed by atoms with Crippen LogP contribution in [-0.4, -0.2) is 41.6 Å². The number of nitrogens with one attached hydrogen (secondary N) is 2. The van der Waals surface area contributed by atoms with Crippen LogP contribution in [0.5, 0.6) is 0 Å². The molecular weight excluding hydrogens is 414 g/mol. The highest BCUT2D eigenvalue weighted by atomic mass is 16.1. The van der Waals surface area contributed by atoms with Gasteiger partial charge >= 0.3 is 0 Å². The molecule has 0 saturated heterocycles. The van der Waals surface area contributed by atoms with E-state index < -0.39 is 0 Å². The molecule has 1 fully saturated rings. The summed E-state index contributed by atoms with van der Waals surface area (Å²) in [6, 6.07) is 16.3. The number of tetrazole rings is 1. The van der Waals surface area contributed by atoms with E-state index in [1.165, 1.54) is 6.42 Å². The third-order valence-electron chi connectivity index (χ3n) is 6.63. The average molecular weight is 442 g/mol. The average Bonchev–Trinajstić information content (AvgIpc) is 3.57. The highest BCUT2D eigenvalue weighted by molar-refractivity contribution is 5.94. The van der Waals surface area contributed by atoms with Gasteiger partial charge in [0, 0.05) is 17.9 Å². The van der Waals surface area contributed by atoms with Gasteiger partial charge in [-0.25, -0.2) is 4.98 Å². The largest absolute Gasteiger partial charge is 0.290 e. The topological polar surface area (TPSA) is 113 Å². The Morgan fingerprint density at radius 3 is 2.61 bits per heavy atom. The van der Waals surface area contributed by atoms with Crippen LogP contribution in [0.4, 0.5) is 0 Å². The summed E-state index contributed by atoms with van der Waals surface area (Å²) in [7, 11) is 0. The standard InChI is InChI=1S/C25H27N7O/c1-2-16-6-5-7-19(14-16)23(33)25-26-22(27-28-25)15-17-10-12-18(13-11-17)20-8-3-4-9-21(20)24-29-31-32-30-24/h3-4,8-13,16,19H,2,5-7,14-15H2,1H3,(H,26,27,28)(H,29,30,31,32). The number of rotatable bonds is 7. The van der Waals surface area contributed by atoms with Crippen molar-refractivity contribution in [2.45, 2.75) is 45.4 Å². The molecular formula is C25H27N7O. The fourth-order valence-electron chi connectivity index (χ4n) is 4.77. The molecule has 4 aromatic rings. The van der Waals surface area contributed by atoms with Crippen LogP contribution in [0.15, 0.2) is 48.5 Å².